The first-order valence-electron chi connectivity index (χ1n) is 8.29. The maximum Gasteiger partial charge on any atom is 0.125 e. The van der Waals surface area contributed by atoms with Crippen molar-refractivity contribution in [3.8, 4) is 0 Å². The van der Waals surface area contributed by atoms with Crippen LogP contribution in [0.2, 0.25) is 0 Å². The van der Waals surface area contributed by atoms with Crippen LogP contribution in [0.4, 0.5) is 0 Å². The Hall–Kier alpha value is 0.320. The monoisotopic (exact) mass is 290 g/mol. The van der Waals surface area contributed by atoms with Crippen molar-refractivity contribution >= 4 is 23.2 Å². The van der Waals surface area contributed by atoms with Crippen LogP contribution in [0.5, 0.6) is 0 Å². The molecule has 0 radical (unpaired) electrons. The largest absolute Gasteiger partial charge is 0.125 e. The topological polar surface area (TPSA) is 0 Å². The third-order valence-corrected chi connectivity index (χ3v) is 10.7. The van der Waals surface area contributed by atoms with Crippen molar-refractivity contribution in [3.63, 3.8) is 0 Å². The Balaban J connectivity index is 1.49. The van der Waals surface area contributed by atoms with Crippen LogP contribution >= 0.6 is 23.2 Å². The first kappa shape index (κ1) is 9.36. The van der Waals surface area contributed by atoms with Gasteiger partial charge in [-0.05, 0) is 71.0 Å². The van der Waals surface area contributed by atoms with Crippen LogP contribution in [0.3, 0.4) is 0 Å². The molecule has 10 bridgehead atoms. The zero-order valence-corrected chi connectivity index (χ0v) is 12.0. The fourth-order valence-corrected chi connectivity index (χ4v) is 11.1. The second-order valence-electron chi connectivity index (χ2n) is 9.04. The van der Waals surface area contributed by atoms with E-state index in [4.69, 9.17) is 23.2 Å². The molecular formula is C17H16Cl2. The lowest BCUT2D eigenvalue weighted by atomic mass is 9.37. The van der Waals surface area contributed by atoms with E-state index in [9.17, 15) is 0 Å². The van der Waals surface area contributed by atoms with Crippen molar-refractivity contribution in [2.24, 2.45) is 82.9 Å². The summed E-state index contributed by atoms with van der Waals surface area (Å²) in [7, 11) is 0. The Morgan fingerprint density at radius 1 is 0.526 bits per heavy atom. The van der Waals surface area contributed by atoms with Gasteiger partial charge in [0.2, 0.25) is 0 Å². The van der Waals surface area contributed by atoms with Gasteiger partial charge in [-0.2, -0.15) is 0 Å². The van der Waals surface area contributed by atoms with Crippen LogP contribution in [0, 0.1) is 82.9 Å². The van der Waals surface area contributed by atoms with Gasteiger partial charge >= 0.3 is 0 Å². The Morgan fingerprint density at radius 3 is 1.47 bits per heavy atom. The number of hydrogen-bond donors (Lipinski definition) is 0. The van der Waals surface area contributed by atoms with Gasteiger partial charge in [0.25, 0.3) is 0 Å². The second-order valence-corrected chi connectivity index (χ2v) is 10.5. The zero-order chi connectivity index (χ0) is 12.0. The van der Waals surface area contributed by atoms with E-state index in [0.717, 1.165) is 71.0 Å². The maximum atomic E-state index is 6.68. The molecule has 10 aliphatic carbocycles. The van der Waals surface area contributed by atoms with Gasteiger partial charge < -0.3 is 0 Å². The van der Waals surface area contributed by atoms with Gasteiger partial charge in [-0.3, -0.25) is 0 Å². The normalized spacial score (nSPS) is 86.6. The number of rotatable bonds is 0. The first-order valence-corrected chi connectivity index (χ1v) is 9.04. The predicted octanol–water partition coefficient (Wildman–Crippen LogP) is 3.45. The average molecular weight is 291 g/mol. The fourth-order valence-electron chi connectivity index (χ4n) is 10.1. The third-order valence-electron chi connectivity index (χ3n) is 9.66. The maximum absolute atomic E-state index is 6.68. The molecule has 0 aromatic carbocycles. The van der Waals surface area contributed by atoms with Gasteiger partial charge in [0, 0.05) is 11.8 Å². The molecule has 0 aromatic rings. The van der Waals surface area contributed by atoms with Gasteiger partial charge in [0.05, 0.1) is 0 Å². The van der Waals surface area contributed by atoms with Crippen molar-refractivity contribution in [1.29, 1.82) is 0 Å². The second kappa shape index (κ2) is 2.17. The van der Waals surface area contributed by atoms with E-state index in [1.807, 2.05) is 0 Å². The molecule has 0 aliphatic heterocycles. The Labute approximate surface area is 122 Å². The molecule has 10 rings (SSSR count). The number of allylic oxidation sites excluding steroid dienone is 2. The summed E-state index contributed by atoms with van der Waals surface area (Å²) in [6.07, 6.45) is 5.27. The van der Waals surface area contributed by atoms with Crippen LogP contribution in [-0.2, 0) is 0 Å². The fraction of sp³-hybridized carbons (Fsp3) is 0.882. The number of fused-ring (bicyclic) bond motifs is 1. The van der Waals surface area contributed by atoms with Gasteiger partial charge in [0.1, 0.15) is 4.33 Å². The van der Waals surface area contributed by atoms with Crippen molar-refractivity contribution in [3.05, 3.63) is 12.2 Å². The summed E-state index contributed by atoms with van der Waals surface area (Å²) < 4.78 is -0.313. The summed E-state index contributed by atoms with van der Waals surface area (Å²) in [4.78, 5) is 0. The molecular weight excluding hydrogens is 275 g/mol. The minimum absolute atomic E-state index is 0.313. The zero-order valence-electron chi connectivity index (χ0n) is 10.5. The van der Waals surface area contributed by atoms with E-state index < -0.39 is 0 Å². The van der Waals surface area contributed by atoms with Crippen LogP contribution in [0.15, 0.2) is 12.2 Å². The van der Waals surface area contributed by atoms with Crippen molar-refractivity contribution in [2.75, 3.05) is 0 Å². The lowest BCUT2D eigenvalue weighted by Crippen LogP contribution is -2.64. The lowest BCUT2D eigenvalue weighted by Gasteiger charge is -2.67. The smallest absolute Gasteiger partial charge is 0.101 e. The number of hydrogen-bond acceptors (Lipinski definition) is 0. The van der Waals surface area contributed by atoms with Crippen LogP contribution in [0.1, 0.15) is 0 Å². The van der Waals surface area contributed by atoms with Crippen molar-refractivity contribution in [1.82, 2.24) is 0 Å². The summed E-state index contributed by atoms with van der Waals surface area (Å²) in [5, 5.41) is 0. The van der Waals surface area contributed by atoms with Gasteiger partial charge in [0.15, 0.2) is 0 Å². The highest BCUT2D eigenvalue weighted by Crippen LogP contribution is 2.94. The molecule has 98 valence electrons. The molecule has 14 atom stereocenters. The quantitative estimate of drug-likeness (QED) is 0.474. The van der Waals surface area contributed by atoms with E-state index in [2.05, 4.69) is 12.2 Å². The molecule has 0 spiro atoms. The molecule has 0 aromatic heterocycles. The SMILES string of the molecule is ClC1(Cl)[C@@H]2[C@H]3[C@@H]4[C@@H]5[C@H]6C=C[C@H]7[C@H]8[C@H]6[C@H]4[C@@H]8[C@@H]3[C@H]([C@@H]75)[C@H]21. The molecule has 0 amide bonds. The third kappa shape index (κ3) is 0.585. The first-order chi connectivity index (χ1) is 9.23. The Bertz CT molecular complexity index is 608. The van der Waals surface area contributed by atoms with E-state index >= 15 is 0 Å². The number of halogens is 2. The lowest BCUT2D eigenvalue weighted by molar-refractivity contribution is -0.177. The van der Waals surface area contributed by atoms with Crippen molar-refractivity contribution < 1.29 is 0 Å². The van der Waals surface area contributed by atoms with E-state index in [0.29, 0.717) is 11.8 Å². The molecule has 0 heterocycles. The standard InChI is InChI=1S/C17H16Cl2/c18-17(19)15-13-8-4-2-1-3-5-6(4)10-9(5)11(7(3)8)14(12(10)13)16(15)17/h1-16H/t3-,4-,5-,6-,7+,8-,9-,10+,11+,12+,13-,14-,15+,16+/m0/s1. The van der Waals surface area contributed by atoms with Gasteiger partial charge in [-0.25, -0.2) is 0 Å². The van der Waals surface area contributed by atoms with E-state index in [-0.39, 0.29) is 4.33 Å². The number of alkyl halides is 2. The highest BCUT2D eigenvalue weighted by atomic mass is 35.5. The molecule has 0 unspecified atom stereocenters. The summed E-state index contributed by atoms with van der Waals surface area (Å²) in [5.74, 6) is 13.8. The average Bonchev–Trinajstić information content (AvgIpc) is 2.62. The van der Waals surface area contributed by atoms with Gasteiger partial charge in [-0.1, -0.05) is 12.2 Å². The highest BCUT2D eigenvalue weighted by Gasteiger charge is 2.92. The Kier molecular flexibility index (Phi) is 1.07. The van der Waals surface area contributed by atoms with Crippen molar-refractivity contribution in [2.45, 2.75) is 4.33 Å². The van der Waals surface area contributed by atoms with Gasteiger partial charge in [-0.15, -0.1) is 23.2 Å². The summed E-state index contributed by atoms with van der Waals surface area (Å²) >= 11 is 13.4. The molecule has 0 saturated heterocycles. The molecule has 0 N–H and O–H groups in total. The molecule has 2 heteroatoms. The van der Waals surface area contributed by atoms with E-state index in [1.165, 1.54) is 0 Å². The molecule has 0 nitrogen and oxygen atoms in total. The Morgan fingerprint density at radius 2 is 0.895 bits per heavy atom. The molecule has 8 saturated carbocycles. The summed E-state index contributed by atoms with van der Waals surface area (Å²) in [6.45, 7) is 0. The molecule has 10 aliphatic rings. The van der Waals surface area contributed by atoms with E-state index in [1.54, 1.807) is 0 Å². The van der Waals surface area contributed by atoms with Crippen LogP contribution < -0.4 is 0 Å². The summed E-state index contributed by atoms with van der Waals surface area (Å²) in [6, 6.07) is 0. The molecule has 8 fully saturated rings. The summed E-state index contributed by atoms with van der Waals surface area (Å²) in [5.41, 5.74) is 0. The minimum Gasteiger partial charge on any atom is -0.101 e. The van der Waals surface area contributed by atoms with Crippen LogP contribution in [-0.4, -0.2) is 4.33 Å². The minimum atomic E-state index is -0.313. The van der Waals surface area contributed by atoms with Crippen LogP contribution in [0.25, 0.3) is 0 Å². The highest BCUT2D eigenvalue weighted by molar-refractivity contribution is 6.51. The molecule has 19 heavy (non-hydrogen) atoms. The predicted molar refractivity (Wildman–Crippen MR) is 72.4 cm³/mol.